The van der Waals surface area contributed by atoms with Gasteiger partial charge in [0.25, 0.3) is 0 Å². The van der Waals surface area contributed by atoms with Crippen LogP contribution in [0.15, 0.2) is 23.2 Å². The highest BCUT2D eigenvalue weighted by Crippen LogP contribution is 2.32. The van der Waals surface area contributed by atoms with Crippen LogP contribution < -0.4 is 4.74 Å². The zero-order valence-electron chi connectivity index (χ0n) is 6.73. The Morgan fingerprint density at radius 2 is 2.38 bits per heavy atom. The van der Waals surface area contributed by atoms with Gasteiger partial charge >= 0.3 is 5.97 Å². The molecule has 4 heteroatoms. The van der Waals surface area contributed by atoms with E-state index in [1.807, 2.05) is 0 Å². The molecule has 1 aromatic rings. The van der Waals surface area contributed by atoms with E-state index in [9.17, 15) is 4.79 Å². The Morgan fingerprint density at radius 3 is 3.15 bits per heavy atom. The lowest BCUT2D eigenvalue weighted by Crippen LogP contribution is -2.08. The van der Waals surface area contributed by atoms with Gasteiger partial charge in [-0.25, -0.2) is 4.79 Å². The fraction of sp³-hybridized carbons (Fsp3) is 0.111. The average molecular weight is 177 g/mol. The molecule has 0 amide bonds. The molecule has 0 radical (unpaired) electrons. The Balaban J connectivity index is 2.59. The molecule has 0 aliphatic carbocycles. The smallest absolute Gasteiger partial charge is 0.339 e. The molecule has 0 bridgehead atoms. The molecule has 4 nitrogen and oxygen atoms in total. The van der Waals surface area contributed by atoms with Crippen molar-refractivity contribution in [2.24, 2.45) is 4.99 Å². The van der Waals surface area contributed by atoms with Crippen LogP contribution in [0.2, 0.25) is 0 Å². The highest BCUT2D eigenvalue weighted by atomic mass is 16.5. The van der Waals surface area contributed by atoms with Gasteiger partial charge in [0.1, 0.15) is 17.9 Å². The van der Waals surface area contributed by atoms with Crippen LogP contribution in [0.3, 0.4) is 0 Å². The first-order valence-corrected chi connectivity index (χ1v) is 3.80. The van der Waals surface area contributed by atoms with Crippen LogP contribution in [0.5, 0.6) is 5.75 Å². The second kappa shape index (κ2) is 2.90. The predicted octanol–water partition coefficient (Wildman–Crippen LogP) is 1.48. The third-order valence-electron chi connectivity index (χ3n) is 1.76. The minimum Gasteiger partial charge on any atom is -0.485 e. The van der Waals surface area contributed by atoms with Crippen molar-refractivity contribution < 1.29 is 14.6 Å². The molecule has 0 aromatic heterocycles. The molecule has 0 saturated heterocycles. The van der Waals surface area contributed by atoms with Crippen LogP contribution in [0.25, 0.3) is 0 Å². The summed E-state index contributed by atoms with van der Waals surface area (Å²) in [5.41, 5.74) is 0.737. The fourth-order valence-electron chi connectivity index (χ4n) is 1.20. The summed E-state index contributed by atoms with van der Waals surface area (Å²) >= 11 is 0. The van der Waals surface area contributed by atoms with E-state index in [4.69, 9.17) is 9.84 Å². The quantitative estimate of drug-likeness (QED) is 0.706. The van der Waals surface area contributed by atoms with Gasteiger partial charge in [-0.1, -0.05) is 6.07 Å². The normalized spacial score (nSPS) is 13.2. The SMILES string of the molecule is O=C(O)c1cccc2c1OCC=N2. The van der Waals surface area contributed by atoms with Crippen LogP contribution in [0.1, 0.15) is 10.4 Å². The molecular weight excluding hydrogens is 170 g/mol. The lowest BCUT2D eigenvalue weighted by atomic mass is 10.1. The van der Waals surface area contributed by atoms with Crippen molar-refractivity contribution in [1.29, 1.82) is 0 Å². The maximum absolute atomic E-state index is 10.7. The van der Waals surface area contributed by atoms with Gasteiger partial charge in [0.15, 0.2) is 5.75 Å². The van der Waals surface area contributed by atoms with Gasteiger partial charge in [0.2, 0.25) is 0 Å². The molecule has 66 valence electrons. The summed E-state index contributed by atoms with van der Waals surface area (Å²) in [5.74, 6) is -0.633. The van der Waals surface area contributed by atoms with E-state index in [1.165, 1.54) is 6.07 Å². The Morgan fingerprint density at radius 1 is 1.54 bits per heavy atom. The van der Waals surface area contributed by atoms with Gasteiger partial charge < -0.3 is 9.84 Å². The Bertz CT molecular complexity index is 384. The number of hydrogen-bond donors (Lipinski definition) is 1. The first-order valence-electron chi connectivity index (χ1n) is 3.80. The van der Waals surface area contributed by atoms with Gasteiger partial charge in [0, 0.05) is 6.21 Å². The summed E-state index contributed by atoms with van der Waals surface area (Å²) < 4.78 is 5.19. The van der Waals surface area contributed by atoms with Crippen molar-refractivity contribution in [3.8, 4) is 5.75 Å². The molecule has 13 heavy (non-hydrogen) atoms. The number of para-hydroxylation sites is 1. The molecule has 1 N–H and O–H groups in total. The maximum atomic E-state index is 10.7. The third-order valence-corrected chi connectivity index (χ3v) is 1.76. The summed E-state index contributed by atoms with van der Waals surface area (Å²) in [6, 6.07) is 4.87. The molecular formula is C9H7NO3. The monoisotopic (exact) mass is 177 g/mol. The van der Waals surface area contributed by atoms with Gasteiger partial charge in [-0.2, -0.15) is 0 Å². The lowest BCUT2D eigenvalue weighted by Gasteiger charge is -2.13. The number of fused-ring (bicyclic) bond motifs is 1. The van der Waals surface area contributed by atoms with Gasteiger partial charge in [0.05, 0.1) is 0 Å². The van der Waals surface area contributed by atoms with Crippen LogP contribution in [-0.4, -0.2) is 23.9 Å². The second-order valence-electron chi connectivity index (χ2n) is 2.58. The molecule has 0 spiro atoms. The number of rotatable bonds is 1. The summed E-state index contributed by atoms with van der Waals surface area (Å²) in [5, 5.41) is 8.81. The predicted molar refractivity (Wildman–Crippen MR) is 47.0 cm³/mol. The first kappa shape index (κ1) is 7.79. The van der Waals surface area contributed by atoms with Crippen molar-refractivity contribution in [3.63, 3.8) is 0 Å². The van der Waals surface area contributed by atoms with Crippen LogP contribution >= 0.6 is 0 Å². The number of aromatic carboxylic acids is 1. The van der Waals surface area contributed by atoms with Gasteiger partial charge in [-0.05, 0) is 12.1 Å². The maximum Gasteiger partial charge on any atom is 0.339 e. The molecule has 1 aliphatic rings. The number of benzene rings is 1. The fourth-order valence-corrected chi connectivity index (χ4v) is 1.20. The number of carboxylic acids is 1. The first-order chi connectivity index (χ1) is 6.29. The van der Waals surface area contributed by atoms with Crippen molar-refractivity contribution in [1.82, 2.24) is 0 Å². The molecule has 0 atom stereocenters. The topological polar surface area (TPSA) is 58.9 Å². The highest BCUT2D eigenvalue weighted by Gasteiger charge is 2.16. The molecule has 2 rings (SSSR count). The zero-order valence-corrected chi connectivity index (χ0v) is 6.73. The second-order valence-corrected chi connectivity index (χ2v) is 2.58. The number of ether oxygens (including phenoxy) is 1. The van der Waals surface area contributed by atoms with Crippen molar-refractivity contribution >= 4 is 17.9 Å². The van der Waals surface area contributed by atoms with E-state index in [1.54, 1.807) is 18.3 Å². The summed E-state index contributed by atoms with van der Waals surface area (Å²) in [6.45, 7) is 0.331. The Hall–Kier alpha value is -1.84. The Kier molecular flexibility index (Phi) is 1.73. The van der Waals surface area contributed by atoms with Crippen LogP contribution in [-0.2, 0) is 0 Å². The third kappa shape index (κ3) is 1.26. The minimum atomic E-state index is -0.992. The van der Waals surface area contributed by atoms with E-state index in [2.05, 4.69) is 4.99 Å². The molecule has 1 heterocycles. The Labute approximate surface area is 74.5 Å². The van der Waals surface area contributed by atoms with E-state index >= 15 is 0 Å². The summed E-state index contributed by atoms with van der Waals surface area (Å²) in [7, 11) is 0. The van der Waals surface area contributed by atoms with Gasteiger partial charge in [-0.3, -0.25) is 4.99 Å². The zero-order chi connectivity index (χ0) is 9.26. The molecule has 0 saturated carbocycles. The number of carboxylic acid groups (broad SMARTS) is 1. The standard InChI is InChI=1S/C9H7NO3/c11-9(12)6-2-1-3-7-8(6)13-5-4-10-7/h1-4H,5H2,(H,11,12). The summed E-state index contributed by atoms with van der Waals surface area (Å²) in [6.07, 6.45) is 1.61. The van der Waals surface area contributed by atoms with Crippen molar-refractivity contribution in [2.75, 3.05) is 6.61 Å². The average Bonchev–Trinajstić information content (AvgIpc) is 2.17. The highest BCUT2D eigenvalue weighted by molar-refractivity contribution is 5.94. The van der Waals surface area contributed by atoms with Crippen LogP contribution in [0.4, 0.5) is 5.69 Å². The van der Waals surface area contributed by atoms with E-state index in [0.717, 1.165) is 0 Å². The van der Waals surface area contributed by atoms with Crippen LogP contribution in [0, 0.1) is 0 Å². The summed E-state index contributed by atoms with van der Waals surface area (Å²) in [4.78, 5) is 14.8. The number of hydrogen-bond acceptors (Lipinski definition) is 3. The van der Waals surface area contributed by atoms with E-state index in [0.29, 0.717) is 18.0 Å². The number of nitrogens with zero attached hydrogens (tertiary/aromatic N) is 1. The molecule has 1 aromatic carbocycles. The number of carbonyl (C=O) groups is 1. The van der Waals surface area contributed by atoms with Crippen molar-refractivity contribution in [3.05, 3.63) is 23.8 Å². The van der Waals surface area contributed by atoms with Crippen molar-refractivity contribution in [2.45, 2.75) is 0 Å². The van der Waals surface area contributed by atoms with E-state index in [-0.39, 0.29) is 5.56 Å². The molecule has 0 fully saturated rings. The number of aliphatic imine (C=N–C) groups is 1. The molecule has 1 aliphatic heterocycles. The largest absolute Gasteiger partial charge is 0.485 e. The van der Waals surface area contributed by atoms with Gasteiger partial charge in [-0.15, -0.1) is 0 Å². The van der Waals surface area contributed by atoms with E-state index < -0.39 is 5.97 Å². The minimum absolute atomic E-state index is 0.161. The lowest BCUT2D eigenvalue weighted by molar-refractivity contribution is 0.0693. The molecule has 0 unspecified atom stereocenters.